The summed E-state index contributed by atoms with van der Waals surface area (Å²) in [5.74, 6) is 0. The van der Waals surface area contributed by atoms with Gasteiger partial charge in [0.05, 0.1) is 5.69 Å². The van der Waals surface area contributed by atoms with Crippen LogP contribution >= 0.6 is 11.3 Å². The standard InChI is InChI=1S/C49H35NS/c1-49(2)44-21-11-8-19-39(44)40-27-26-36(31-45(40)49)50(46-22-12-9-18-38(46)33-15-4-3-5-16-33)37-29-42(35-25-24-32-14-6-7-17-34(32)28-35)48-43(30-37)41-20-10-13-23-47(41)51-48/h3-31H,1-2H3. The molecule has 0 amide bonds. The van der Waals surface area contributed by atoms with E-state index in [1.54, 1.807) is 0 Å². The number of anilines is 3. The molecule has 0 atom stereocenters. The number of hydrogen-bond donors (Lipinski definition) is 0. The predicted molar refractivity (Wildman–Crippen MR) is 220 cm³/mol. The van der Waals surface area contributed by atoms with Crippen molar-refractivity contribution in [2.45, 2.75) is 19.3 Å². The lowest BCUT2D eigenvalue weighted by molar-refractivity contribution is 0.660. The molecule has 0 saturated heterocycles. The van der Waals surface area contributed by atoms with Crippen LogP contribution in [0.4, 0.5) is 17.1 Å². The number of para-hydroxylation sites is 1. The van der Waals surface area contributed by atoms with Gasteiger partial charge in [-0.2, -0.15) is 0 Å². The molecule has 0 aliphatic heterocycles. The molecule has 0 saturated carbocycles. The van der Waals surface area contributed by atoms with Crippen LogP contribution in [0.25, 0.3) is 64.3 Å². The first-order valence-electron chi connectivity index (χ1n) is 17.7. The van der Waals surface area contributed by atoms with Crippen molar-refractivity contribution in [3.05, 3.63) is 187 Å². The lowest BCUT2D eigenvalue weighted by Crippen LogP contribution is -2.17. The molecule has 0 radical (unpaired) electrons. The van der Waals surface area contributed by atoms with Gasteiger partial charge < -0.3 is 4.90 Å². The van der Waals surface area contributed by atoms with Gasteiger partial charge in [0.2, 0.25) is 0 Å². The summed E-state index contributed by atoms with van der Waals surface area (Å²) in [7, 11) is 0. The molecule has 2 heteroatoms. The summed E-state index contributed by atoms with van der Waals surface area (Å²) in [6.45, 7) is 4.73. The first-order chi connectivity index (χ1) is 25.0. The SMILES string of the molecule is CC1(C)c2ccccc2-c2ccc(N(c3cc(-c4ccc5ccccc5c4)c4sc5ccccc5c4c3)c3ccccc3-c3ccccc3)cc21. The van der Waals surface area contributed by atoms with E-state index >= 15 is 0 Å². The van der Waals surface area contributed by atoms with Crippen LogP contribution in [0.3, 0.4) is 0 Å². The summed E-state index contributed by atoms with van der Waals surface area (Å²) >= 11 is 1.89. The Morgan fingerprint density at radius 2 is 1.14 bits per heavy atom. The lowest BCUT2D eigenvalue weighted by atomic mass is 9.82. The number of fused-ring (bicyclic) bond motifs is 7. The Bertz CT molecular complexity index is 2790. The highest BCUT2D eigenvalue weighted by atomic mass is 32.1. The molecule has 242 valence electrons. The third-order valence-electron chi connectivity index (χ3n) is 10.8. The molecule has 0 N–H and O–H groups in total. The van der Waals surface area contributed by atoms with Crippen molar-refractivity contribution in [1.29, 1.82) is 0 Å². The van der Waals surface area contributed by atoms with Crippen molar-refractivity contribution in [3.8, 4) is 33.4 Å². The van der Waals surface area contributed by atoms with Crippen LogP contribution < -0.4 is 4.90 Å². The van der Waals surface area contributed by atoms with Crippen LogP contribution in [0.15, 0.2) is 176 Å². The molecule has 0 fully saturated rings. The van der Waals surface area contributed by atoms with Crippen molar-refractivity contribution in [3.63, 3.8) is 0 Å². The Labute approximate surface area is 302 Å². The molecular formula is C49H35NS. The van der Waals surface area contributed by atoms with E-state index in [4.69, 9.17) is 0 Å². The van der Waals surface area contributed by atoms with Crippen molar-refractivity contribution >= 4 is 59.3 Å². The fourth-order valence-corrected chi connectivity index (χ4v) is 9.52. The Hall–Kier alpha value is -5.96. The number of hydrogen-bond acceptors (Lipinski definition) is 2. The van der Waals surface area contributed by atoms with Crippen LogP contribution in [0, 0.1) is 0 Å². The van der Waals surface area contributed by atoms with Crippen LogP contribution in [0.2, 0.25) is 0 Å². The maximum Gasteiger partial charge on any atom is 0.0540 e. The summed E-state index contributed by atoms with van der Waals surface area (Å²) in [5, 5.41) is 5.09. The highest BCUT2D eigenvalue weighted by molar-refractivity contribution is 7.26. The van der Waals surface area contributed by atoms with E-state index in [1.165, 1.54) is 75.5 Å². The minimum Gasteiger partial charge on any atom is -0.310 e. The number of thiophene rings is 1. The quantitative estimate of drug-likeness (QED) is 0.176. The largest absolute Gasteiger partial charge is 0.310 e. The molecule has 10 rings (SSSR count). The third kappa shape index (κ3) is 4.75. The smallest absolute Gasteiger partial charge is 0.0540 e. The number of rotatable bonds is 5. The van der Waals surface area contributed by atoms with Crippen molar-refractivity contribution in [2.75, 3.05) is 4.90 Å². The molecule has 0 spiro atoms. The van der Waals surface area contributed by atoms with E-state index in [0.717, 1.165) is 17.1 Å². The van der Waals surface area contributed by atoms with E-state index < -0.39 is 0 Å². The number of nitrogens with zero attached hydrogens (tertiary/aromatic N) is 1. The van der Waals surface area contributed by atoms with Gasteiger partial charge in [-0.15, -0.1) is 11.3 Å². The van der Waals surface area contributed by atoms with Gasteiger partial charge in [0.1, 0.15) is 0 Å². The summed E-state index contributed by atoms with van der Waals surface area (Å²) in [6.07, 6.45) is 0. The Kier molecular flexibility index (Phi) is 6.78. The highest BCUT2D eigenvalue weighted by Crippen LogP contribution is 2.52. The minimum absolute atomic E-state index is 0.115. The average Bonchev–Trinajstić information content (AvgIpc) is 3.67. The summed E-state index contributed by atoms with van der Waals surface area (Å²) in [5.41, 5.74) is 13.6. The normalized spacial score (nSPS) is 13.1. The summed E-state index contributed by atoms with van der Waals surface area (Å²) < 4.78 is 2.62. The van der Waals surface area contributed by atoms with Gasteiger partial charge in [-0.05, 0) is 86.6 Å². The lowest BCUT2D eigenvalue weighted by Gasteiger charge is -2.30. The average molecular weight is 670 g/mol. The summed E-state index contributed by atoms with van der Waals surface area (Å²) in [4.78, 5) is 2.50. The van der Waals surface area contributed by atoms with Crippen LogP contribution in [0.5, 0.6) is 0 Å². The first kappa shape index (κ1) is 29.9. The van der Waals surface area contributed by atoms with E-state index in [9.17, 15) is 0 Å². The second-order valence-electron chi connectivity index (χ2n) is 14.1. The Morgan fingerprint density at radius 3 is 2.02 bits per heavy atom. The molecule has 0 bridgehead atoms. The topological polar surface area (TPSA) is 3.24 Å². The van der Waals surface area contributed by atoms with Crippen molar-refractivity contribution in [1.82, 2.24) is 0 Å². The molecule has 51 heavy (non-hydrogen) atoms. The van der Waals surface area contributed by atoms with Gasteiger partial charge in [-0.3, -0.25) is 0 Å². The third-order valence-corrected chi connectivity index (χ3v) is 12.1. The fourth-order valence-electron chi connectivity index (χ4n) is 8.30. The minimum atomic E-state index is -0.115. The van der Waals surface area contributed by atoms with Crippen LogP contribution in [-0.2, 0) is 5.41 Å². The molecule has 1 heterocycles. The molecule has 1 aliphatic rings. The van der Waals surface area contributed by atoms with Gasteiger partial charge in [-0.1, -0.05) is 147 Å². The van der Waals surface area contributed by atoms with Gasteiger partial charge >= 0.3 is 0 Å². The maximum atomic E-state index is 2.50. The Balaban J connectivity index is 1.28. The first-order valence-corrected chi connectivity index (χ1v) is 18.5. The summed E-state index contributed by atoms with van der Waals surface area (Å²) in [6, 6.07) is 65.0. The molecular weight excluding hydrogens is 635 g/mol. The van der Waals surface area contributed by atoms with Gasteiger partial charge in [-0.25, -0.2) is 0 Å². The van der Waals surface area contributed by atoms with Gasteiger partial charge in [0.25, 0.3) is 0 Å². The van der Waals surface area contributed by atoms with Crippen LogP contribution in [0.1, 0.15) is 25.0 Å². The fraction of sp³-hybridized carbons (Fsp3) is 0.0612. The molecule has 8 aromatic carbocycles. The monoisotopic (exact) mass is 669 g/mol. The second kappa shape index (κ2) is 11.6. The van der Waals surface area contributed by atoms with Crippen LogP contribution in [-0.4, -0.2) is 0 Å². The second-order valence-corrected chi connectivity index (χ2v) is 15.2. The van der Waals surface area contributed by atoms with E-state index in [0.29, 0.717) is 0 Å². The van der Waals surface area contributed by atoms with E-state index in [1.807, 2.05) is 11.3 Å². The molecule has 9 aromatic rings. The predicted octanol–water partition coefficient (Wildman–Crippen LogP) is 14.3. The van der Waals surface area contributed by atoms with E-state index in [-0.39, 0.29) is 5.41 Å². The van der Waals surface area contributed by atoms with E-state index in [2.05, 4.69) is 195 Å². The molecule has 0 unspecified atom stereocenters. The molecule has 1 aromatic heterocycles. The van der Waals surface area contributed by atoms with Gasteiger partial charge in [0.15, 0.2) is 0 Å². The highest BCUT2D eigenvalue weighted by Gasteiger charge is 2.36. The molecule has 1 aliphatic carbocycles. The Morgan fingerprint density at radius 1 is 0.431 bits per heavy atom. The van der Waals surface area contributed by atoms with Gasteiger partial charge in [0, 0.05) is 48.1 Å². The zero-order chi connectivity index (χ0) is 34.1. The number of benzene rings is 8. The maximum absolute atomic E-state index is 2.50. The zero-order valence-electron chi connectivity index (χ0n) is 28.6. The van der Waals surface area contributed by atoms with Crippen molar-refractivity contribution in [2.24, 2.45) is 0 Å². The zero-order valence-corrected chi connectivity index (χ0v) is 29.4. The molecule has 1 nitrogen and oxygen atoms in total. The van der Waals surface area contributed by atoms with Crippen molar-refractivity contribution < 1.29 is 0 Å².